The van der Waals surface area contributed by atoms with Gasteiger partial charge in [-0.15, -0.1) is 34.4 Å². The van der Waals surface area contributed by atoms with Crippen LogP contribution in [-0.2, 0) is 10.0 Å². The Kier molecular flexibility index (Phi) is 6.92. The van der Waals surface area contributed by atoms with Crippen LogP contribution < -0.4 is 10.4 Å². The lowest BCUT2D eigenvalue weighted by atomic mass is 10.2. The molecule has 1 aromatic heterocycles. The molecule has 0 fully saturated rings. The molecule has 0 amide bonds. The average molecular weight is 513 g/mol. The quantitative estimate of drug-likeness (QED) is 0.414. The van der Waals surface area contributed by atoms with Crippen molar-refractivity contribution in [1.82, 2.24) is 9.55 Å². The lowest BCUT2D eigenvalue weighted by Gasteiger charge is -2.16. The molecule has 0 aliphatic carbocycles. The molecule has 0 bridgehead atoms. The Bertz CT molecular complexity index is 1160. The molecule has 3 heterocycles. The minimum absolute atomic E-state index is 0.0158. The lowest BCUT2D eigenvalue weighted by Crippen LogP contribution is -2.17. The summed E-state index contributed by atoms with van der Waals surface area (Å²) in [7, 11) is -3.99. The van der Waals surface area contributed by atoms with Gasteiger partial charge in [0, 0.05) is 10.6 Å². The molecule has 3 rings (SSSR count). The largest absolute Gasteiger partial charge is 0.354 e. The van der Waals surface area contributed by atoms with Gasteiger partial charge in [0.25, 0.3) is 10.0 Å². The van der Waals surface area contributed by atoms with Crippen LogP contribution in [0.15, 0.2) is 19.3 Å². The smallest absolute Gasteiger partial charge is 0.261 e. The second-order valence-electron chi connectivity index (χ2n) is 6.78. The number of sulfonamides is 1. The fourth-order valence-electron chi connectivity index (χ4n) is 2.51. The van der Waals surface area contributed by atoms with Gasteiger partial charge >= 0.3 is 5.69 Å². The minimum Gasteiger partial charge on any atom is -0.261 e. The van der Waals surface area contributed by atoms with Crippen molar-refractivity contribution in [2.45, 2.75) is 42.5 Å². The Hall–Kier alpha value is -0.780. The van der Waals surface area contributed by atoms with E-state index in [1.54, 1.807) is 11.8 Å². The Balaban J connectivity index is 2.07. The first kappa shape index (κ1) is 22.9. The number of hydrogen-bond donors (Lipinski definition) is 1. The first-order chi connectivity index (χ1) is 13.5. The van der Waals surface area contributed by atoms with Crippen molar-refractivity contribution in [3.05, 3.63) is 36.5 Å². The van der Waals surface area contributed by atoms with Gasteiger partial charge in [0.1, 0.15) is 14.2 Å². The SMILES string of the molecule is Cc1sc(SCCC(C)C)c2c(NS(=O)(=O)c3cc(Cl)c(Cl)s3)nc(=O)n-2c1C. The van der Waals surface area contributed by atoms with Crippen LogP contribution in [0.2, 0.25) is 9.36 Å². The zero-order chi connectivity index (χ0) is 21.5. The van der Waals surface area contributed by atoms with Crippen molar-refractivity contribution in [2.75, 3.05) is 10.5 Å². The summed E-state index contributed by atoms with van der Waals surface area (Å²) in [5.74, 6) is 1.41. The Labute approximate surface area is 191 Å². The number of fused-ring (bicyclic) bond motifs is 1. The summed E-state index contributed by atoms with van der Waals surface area (Å²) in [4.78, 5) is 17.5. The van der Waals surface area contributed by atoms with Gasteiger partial charge in [-0.1, -0.05) is 37.0 Å². The van der Waals surface area contributed by atoms with E-state index < -0.39 is 15.7 Å². The molecule has 1 aromatic rings. The summed E-state index contributed by atoms with van der Waals surface area (Å²) >= 11 is 15.8. The van der Waals surface area contributed by atoms with Crippen molar-refractivity contribution in [3.63, 3.8) is 0 Å². The van der Waals surface area contributed by atoms with E-state index in [1.165, 1.54) is 22.0 Å². The molecule has 2 aliphatic rings. The summed E-state index contributed by atoms with van der Waals surface area (Å²) < 4.78 is 30.5. The third-order valence-corrected chi connectivity index (χ3v) is 10.3. The van der Waals surface area contributed by atoms with Crippen molar-refractivity contribution in [2.24, 2.45) is 5.92 Å². The fourth-order valence-corrected chi connectivity index (χ4v) is 8.16. The zero-order valence-corrected chi connectivity index (χ0v) is 20.9. The number of nitrogens with one attached hydrogen (secondary N) is 1. The molecule has 0 spiro atoms. The number of anilines is 1. The minimum atomic E-state index is -3.99. The van der Waals surface area contributed by atoms with E-state index in [9.17, 15) is 13.2 Å². The second kappa shape index (κ2) is 8.76. The van der Waals surface area contributed by atoms with Crippen molar-refractivity contribution in [1.29, 1.82) is 0 Å². The number of thiophene rings is 1. The third-order valence-electron chi connectivity index (χ3n) is 4.18. The highest BCUT2D eigenvalue weighted by Crippen LogP contribution is 2.40. The van der Waals surface area contributed by atoms with E-state index in [-0.39, 0.29) is 19.4 Å². The number of hydrogen-bond acceptors (Lipinski definition) is 7. The molecule has 0 radical (unpaired) electrons. The van der Waals surface area contributed by atoms with Crippen LogP contribution in [0, 0.1) is 19.8 Å². The van der Waals surface area contributed by atoms with Crippen LogP contribution in [0.25, 0.3) is 5.69 Å². The summed E-state index contributed by atoms with van der Waals surface area (Å²) in [6, 6.07) is 1.28. The van der Waals surface area contributed by atoms with Crippen molar-refractivity contribution >= 4 is 73.5 Å². The number of halogens is 2. The number of thioether (sulfide) groups is 1. The van der Waals surface area contributed by atoms with Crippen LogP contribution in [0.4, 0.5) is 5.82 Å². The van der Waals surface area contributed by atoms with E-state index in [2.05, 4.69) is 23.6 Å². The molecule has 0 aromatic carbocycles. The first-order valence-electron chi connectivity index (χ1n) is 8.64. The van der Waals surface area contributed by atoms with Crippen LogP contribution in [0.1, 0.15) is 30.8 Å². The van der Waals surface area contributed by atoms with Crippen molar-refractivity contribution < 1.29 is 8.42 Å². The average Bonchev–Trinajstić information content (AvgIpc) is 3.12. The standard InChI is InChI=1S/C17H19Cl2N3O3S4/c1-8(2)5-6-26-16-13-15(20-17(23)22(13)9(3)10(4)27-16)21-29(24,25)12-7-11(18)14(19)28-12/h7-8H,5-6H2,1-4H3,(H,20,21,23). The van der Waals surface area contributed by atoms with Crippen LogP contribution in [0.3, 0.4) is 0 Å². The topological polar surface area (TPSA) is 81.1 Å². The highest BCUT2D eigenvalue weighted by Gasteiger charge is 2.28. The number of aryl methyl sites for hydroxylation is 1. The number of rotatable bonds is 7. The molecular formula is C17H19Cl2N3O3S4. The normalized spacial score (nSPS) is 12.2. The van der Waals surface area contributed by atoms with E-state index in [0.29, 0.717) is 11.6 Å². The number of imidazole rings is 1. The summed E-state index contributed by atoms with van der Waals surface area (Å²) in [6.07, 6.45) is 1.00. The molecule has 29 heavy (non-hydrogen) atoms. The molecule has 1 N–H and O–H groups in total. The van der Waals surface area contributed by atoms with Gasteiger partial charge in [0.15, 0.2) is 5.82 Å². The molecular weight excluding hydrogens is 493 g/mol. The summed E-state index contributed by atoms with van der Waals surface area (Å²) in [5, 5.41) is 0.162. The van der Waals surface area contributed by atoms with E-state index in [0.717, 1.165) is 38.3 Å². The Morgan fingerprint density at radius 1 is 1.28 bits per heavy atom. The maximum atomic E-state index is 12.8. The Morgan fingerprint density at radius 2 is 1.97 bits per heavy atom. The van der Waals surface area contributed by atoms with E-state index in [4.69, 9.17) is 23.2 Å². The van der Waals surface area contributed by atoms with Crippen molar-refractivity contribution in [3.8, 4) is 5.69 Å². The first-order valence-corrected chi connectivity index (χ1v) is 13.5. The molecule has 2 aliphatic heterocycles. The number of nitrogens with zero attached hydrogens (tertiary/aromatic N) is 2. The maximum Gasteiger partial charge on any atom is 0.354 e. The van der Waals surface area contributed by atoms with Gasteiger partial charge in [-0.3, -0.25) is 9.29 Å². The van der Waals surface area contributed by atoms with Gasteiger partial charge < -0.3 is 0 Å². The molecule has 0 unspecified atom stereocenters. The highest BCUT2D eigenvalue weighted by molar-refractivity contribution is 8.01. The maximum absolute atomic E-state index is 12.8. The molecule has 12 heteroatoms. The van der Waals surface area contributed by atoms with Gasteiger partial charge in [-0.25, -0.2) is 13.2 Å². The van der Waals surface area contributed by atoms with Gasteiger partial charge in [0.2, 0.25) is 0 Å². The zero-order valence-electron chi connectivity index (χ0n) is 16.1. The number of aromatic nitrogens is 2. The van der Waals surface area contributed by atoms with E-state index in [1.807, 2.05) is 13.8 Å². The second-order valence-corrected chi connectivity index (χ2v) is 13.3. The van der Waals surface area contributed by atoms with Gasteiger partial charge in [-0.2, -0.15) is 4.98 Å². The third kappa shape index (κ3) is 4.77. The highest BCUT2D eigenvalue weighted by atomic mass is 35.5. The van der Waals surface area contributed by atoms with Gasteiger partial charge in [-0.05, 0) is 38.0 Å². The summed E-state index contributed by atoms with van der Waals surface area (Å²) in [6.45, 7) is 8.04. The van der Waals surface area contributed by atoms with E-state index >= 15 is 0 Å². The lowest BCUT2D eigenvalue weighted by molar-refractivity contribution is 0.603. The van der Waals surface area contributed by atoms with Crippen LogP contribution in [-0.4, -0.2) is 23.7 Å². The molecule has 158 valence electrons. The van der Waals surface area contributed by atoms with Crippen LogP contribution in [0.5, 0.6) is 0 Å². The van der Waals surface area contributed by atoms with Gasteiger partial charge in [0.05, 0.1) is 9.23 Å². The Morgan fingerprint density at radius 3 is 2.55 bits per heavy atom. The molecule has 0 saturated carbocycles. The monoisotopic (exact) mass is 511 g/mol. The fraction of sp³-hybridized carbons (Fsp3) is 0.412. The molecule has 6 nitrogen and oxygen atoms in total. The van der Waals surface area contributed by atoms with Crippen LogP contribution >= 0.6 is 57.6 Å². The molecule has 0 saturated heterocycles. The summed E-state index contributed by atoms with van der Waals surface area (Å²) in [5.41, 5.74) is 0.705. The molecule has 0 atom stereocenters. The predicted molar refractivity (Wildman–Crippen MR) is 124 cm³/mol. The predicted octanol–water partition coefficient (Wildman–Crippen LogP) is 5.66.